The summed E-state index contributed by atoms with van der Waals surface area (Å²) < 4.78 is 31.8. The molecule has 0 radical (unpaired) electrons. The summed E-state index contributed by atoms with van der Waals surface area (Å²) in [7, 11) is -3.19. The Morgan fingerprint density at radius 1 is 1.37 bits per heavy atom. The molecule has 0 spiro atoms. The zero-order chi connectivity index (χ0) is 13.9. The minimum atomic E-state index is -3.19. The van der Waals surface area contributed by atoms with E-state index in [0.29, 0.717) is 16.4 Å². The minimum Gasteiger partial charge on any atom is -0.487 e. The molecule has 19 heavy (non-hydrogen) atoms. The van der Waals surface area contributed by atoms with Crippen molar-refractivity contribution in [2.45, 2.75) is 11.5 Å². The van der Waals surface area contributed by atoms with Gasteiger partial charge < -0.3 is 10.2 Å². The molecular formula is C10H12N4O3S2. The van der Waals surface area contributed by atoms with Crippen LogP contribution in [0.2, 0.25) is 0 Å². The zero-order valence-electron chi connectivity index (χ0n) is 10.0. The van der Waals surface area contributed by atoms with Gasteiger partial charge in [0, 0.05) is 17.8 Å². The fraction of sp³-hybridized carbons (Fsp3) is 0.200. The number of nitrogens with zero attached hydrogens (tertiary/aromatic N) is 2. The van der Waals surface area contributed by atoms with Crippen LogP contribution in [0.4, 0.5) is 5.00 Å². The first-order valence-corrected chi connectivity index (χ1v) is 7.88. The number of ether oxygens (including phenoxy) is 1. The van der Waals surface area contributed by atoms with Crippen molar-refractivity contribution in [3.8, 4) is 5.75 Å². The predicted molar refractivity (Wildman–Crippen MR) is 71.6 cm³/mol. The Kier molecular flexibility index (Phi) is 3.98. The lowest BCUT2D eigenvalue weighted by Gasteiger charge is -2.06. The van der Waals surface area contributed by atoms with Gasteiger partial charge in [0.25, 0.3) is 0 Å². The quantitative estimate of drug-likeness (QED) is 0.621. The summed E-state index contributed by atoms with van der Waals surface area (Å²) >= 11 is 1.13. The average Bonchev–Trinajstić information content (AvgIpc) is 2.83. The number of anilines is 1. The molecule has 0 aliphatic rings. The summed E-state index contributed by atoms with van der Waals surface area (Å²) in [6.07, 6.45) is 1.16. The molecule has 0 saturated carbocycles. The van der Waals surface area contributed by atoms with E-state index in [2.05, 4.69) is 15.0 Å². The van der Waals surface area contributed by atoms with Crippen molar-refractivity contribution in [2.75, 3.05) is 11.7 Å². The third kappa shape index (κ3) is 3.40. The molecular weight excluding hydrogens is 288 g/mol. The van der Waals surface area contributed by atoms with E-state index in [4.69, 9.17) is 10.6 Å². The topological polar surface area (TPSA) is 107 Å². The maximum absolute atomic E-state index is 11.3. The molecule has 0 aliphatic carbocycles. The molecule has 9 heteroatoms. The van der Waals surface area contributed by atoms with Gasteiger partial charge in [-0.05, 0) is 24.3 Å². The number of hydrogen-bond acceptors (Lipinski definition) is 8. The normalized spacial score (nSPS) is 11.3. The van der Waals surface area contributed by atoms with E-state index < -0.39 is 9.84 Å². The second kappa shape index (κ2) is 5.51. The number of nitrogens with one attached hydrogen (secondary N) is 1. The van der Waals surface area contributed by atoms with E-state index in [0.717, 1.165) is 17.8 Å². The van der Waals surface area contributed by atoms with Crippen LogP contribution in [0.5, 0.6) is 5.75 Å². The van der Waals surface area contributed by atoms with Gasteiger partial charge in [-0.15, -0.1) is 5.10 Å². The van der Waals surface area contributed by atoms with E-state index in [1.165, 1.54) is 12.1 Å². The van der Waals surface area contributed by atoms with Crippen molar-refractivity contribution in [1.82, 2.24) is 9.59 Å². The second-order valence-corrected chi connectivity index (χ2v) is 6.50. The van der Waals surface area contributed by atoms with Crippen molar-refractivity contribution in [3.63, 3.8) is 0 Å². The van der Waals surface area contributed by atoms with Crippen LogP contribution in [0.15, 0.2) is 29.2 Å². The minimum absolute atomic E-state index is 0.203. The summed E-state index contributed by atoms with van der Waals surface area (Å²) in [6, 6.07) is 6.16. The van der Waals surface area contributed by atoms with Crippen LogP contribution in [-0.4, -0.2) is 24.3 Å². The highest BCUT2D eigenvalue weighted by atomic mass is 32.2. The van der Waals surface area contributed by atoms with E-state index in [1.54, 1.807) is 12.1 Å². The van der Waals surface area contributed by atoms with Crippen LogP contribution in [0.25, 0.3) is 0 Å². The molecule has 0 atom stereocenters. The summed E-state index contributed by atoms with van der Waals surface area (Å²) in [5.74, 6) is 5.83. The van der Waals surface area contributed by atoms with Crippen molar-refractivity contribution >= 4 is 26.4 Å². The van der Waals surface area contributed by atoms with Crippen LogP contribution in [0, 0.1) is 0 Å². The van der Waals surface area contributed by atoms with Gasteiger partial charge in [-0.2, -0.15) is 0 Å². The molecule has 0 saturated heterocycles. The molecule has 0 amide bonds. The number of hydrazine groups is 1. The van der Waals surface area contributed by atoms with Crippen molar-refractivity contribution in [1.29, 1.82) is 0 Å². The van der Waals surface area contributed by atoms with Gasteiger partial charge in [0.05, 0.1) is 4.90 Å². The van der Waals surface area contributed by atoms with Crippen LogP contribution < -0.4 is 16.0 Å². The molecule has 0 unspecified atom stereocenters. The molecule has 2 rings (SSSR count). The predicted octanol–water partition coefficient (Wildman–Crippen LogP) is 0.806. The van der Waals surface area contributed by atoms with Crippen LogP contribution in [0.1, 0.15) is 5.69 Å². The highest BCUT2D eigenvalue weighted by Crippen LogP contribution is 2.20. The third-order valence-corrected chi connectivity index (χ3v) is 4.14. The molecule has 0 fully saturated rings. The smallest absolute Gasteiger partial charge is 0.175 e. The number of benzene rings is 1. The van der Waals surface area contributed by atoms with Crippen LogP contribution >= 0.6 is 11.5 Å². The Bertz CT molecular complexity index is 652. The van der Waals surface area contributed by atoms with Gasteiger partial charge in [0.2, 0.25) is 0 Å². The largest absolute Gasteiger partial charge is 0.487 e. The summed E-state index contributed by atoms with van der Waals surface area (Å²) in [6.45, 7) is 0.203. The lowest BCUT2D eigenvalue weighted by atomic mass is 10.3. The lowest BCUT2D eigenvalue weighted by Crippen LogP contribution is -2.08. The van der Waals surface area contributed by atoms with Gasteiger partial charge >= 0.3 is 0 Å². The molecule has 0 aliphatic heterocycles. The van der Waals surface area contributed by atoms with Crippen LogP contribution in [0.3, 0.4) is 0 Å². The van der Waals surface area contributed by atoms with Crippen molar-refractivity contribution in [2.24, 2.45) is 5.84 Å². The number of nitrogen functional groups attached to an aromatic ring is 1. The van der Waals surface area contributed by atoms with Crippen LogP contribution in [-0.2, 0) is 16.4 Å². The summed E-state index contributed by atoms with van der Waals surface area (Å²) in [4.78, 5) is 0.250. The first-order valence-electron chi connectivity index (χ1n) is 5.21. The Hall–Kier alpha value is -1.71. The molecule has 7 nitrogen and oxygen atoms in total. The Labute approximate surface area is 114 Å². The fourth-order valence-electron chi connectivity index (χ4n) is 1.35. The van der Waals surface area contributed by atoms with Gasteiger partial charge in [-0.25, -0.2) is 14.3 Å². The van der Waals surface area contributed by atoms with Gasteiger partial charge in [-0.1, -0.05) is 4.49 Å². The first kappa shape index (κ1) is 13.7. The number of aromatic nitrogens is 2. The second-order valence-electron chi connectivity index (χ2n) is 3.73. The van der Waals surface area contributed by atoms with E-state index in [1.807, 2.05) is 0 Å². The molecule has 1 aromatic heterocycles. The van der Waals surface area contributed by atoms with Gasteiger partial charge in [-0.3, -0.25) is 0 Å². The summed E-state index contributed by atoms with van der Waals surface area (Å²) in [5, 5.41) is 4.50. The third-order valence-electron chi connectivity index (χ3n) is 2.31. The number of rotatable bonds is 5. The van der Waals surface area contributed by atoms with E-state index >= 15 is 0 Å². The highest BCUT2D eigenvalue weighted by molar-refractivity contribution is 7.90. The summed E-state index contributed by atoms with van der Waals surface area (Å²) in [5.41, 5.74) is 3.07. The number of nitrogens with two attached hydrogens (primary N) is 1. The fourth-order valence-corrected chi connectivity index (χ4v) is 2.46. The first-order chi connectivity index (χ1) is 9.00. The van der Waals surface area contributed by atoms with E-state index in [9.17, 15) is 8.42 Å². The Morgan fingerprint density at radius 3 is 2.63 bits per heavy atom. The molecule has 102 valence electrons. The zero-order valence-corrected chi connectivity index (χ0v) is 11.7. The van der Waals surface area contributed by atoms with E-state index in [-0.39, 0.29) is 11.5 Å². The van der Waals surface area contributed by atoms with Crippen molar-refractivity contribution in [3.05, 3.63) is 30.0 Å². The molecule has 2 aromatic rings. The average molecular weight is 300 g/mol. The molecule has 3 N–H and O–H groups in total. The Morgan fingerprint density at radius 2 is 2.05 bits per heavy atom. The Balaban J connectivity index is 2.05. The van der Waals surface area contributed by atoms with Gasteiger partial charge in [0.15, 0.2) is 14.8 Å². The molecule has 0 bridgehead atoms. The molecule has 1 aromatic carbocycles. The monoisotopic (exact) mass is 300 g/mol. The standard InChI is InChI=1S/C10H12N4O3S2/c1-19(15,16)8-4-2-7(3-5-8)17-6-9-10(12-11)18-14-13-9/h2-5,12H,6,11H2,1H3. The number of sulfone groups is 1. The maximum atomic E-state index is 11.3. The SMILES string of the molecule is CS(=O)(=O)c1ccc(OCc2nnsc2NN)cc1. The maximum Gasteiger partial charge on any atom is 0.175 e. The lowest BCUT2D eigenvalue weighted by molar-refractivity contribution is 0.301. The highest BCUT2D eigenvalue weighted by Gasteiger charge is 2.09. The van der Waals surface area contributed by atoms with Gasteiger partial charge in [0.1, 0.15) is 18.1 Å². The molecule has 1 heterocycles. The van der Waals surface area contributed by atoms with Crippen molar-refractivity contribution < 1.29 is 13.2 Å². The number of hydrogen-bond donors (Lipinski definition) is 2.